The Balaban J connectivity index is 0.00000320. The molecule has 6 nitrogen and oxygen atoms in total. The number of guanidine groups is 1. The average Bonchev–Trinajstić information content (AvgIpc) is 2.78. The predicted molar refractivity (Wildman–Crippen MR) is 133 cm³/mol. The van der Waals surface area contributed by atoms with E-state index in [2.05, 4.69) is 40.7 Å². The summed E-state index contributed by atoms with van der Waals surface area (Å²) in [7, 11) is 1.70. The van der Waals surface area contributed by atoms with Crippen LogP contribution in [0.25, 0.3) is 0 Å². The van der Waals surface area contributed by atoms with Gasteiger partial charge in [-0.05, 0) is 49.6 Å². The Morgan fingerprint density at radius 1 is 1.27 bits per heavy atom. The lowest BCUT2D eigenvalue weighted by molar-refractivity contribution is 0.414. The molecule has 0 saturated carbocycles. The second kappa shape index (κ2) is 12.3. The van der Waals surface area contributed by atoms with Crippen molar-refractivity contribution < 1.29 is 4.74 Å². The number of methoxy groups -OCH3 is 1. The molecule has 2 aromatic rings. The topological polar surface area (TPSA) is 72.7 Å². The van der Waals surface area contributed by atoms with E-state index in [4.69, 9.17) is 15.0 Å². The summed E-state index contributed by atoms with van der Waals surface area (Å²) in [6.45, 7) is 5.37. The van der Waals surface area contributed by atoms with Crippen molar-refractivity contribution in [2.45, 2.75) is 32.4 Å². The van der Waals surface area contributed by atoms with E-state index in [-0.39, 0.29) is 24.0 Å². The van der Waals surface area contributed by atoms with Gasteiger partial charge >= 0.3 is 0 Å². The van der Waals surface area contributed by atoms with Crippen LogP contribution in [0.3, 0.4) is 0 Å². The lowest BCUT2D eigenvalue weighted by Crippen LogP contribution is -2.51. The summed E-state index contributed by atoms with van der Waals surface area (Å²) in [5.41, 5.74) is 2.88. The Hall–Kier alpha value is -2.47. The summed E-state index contributed by atoms with van der Waals surface area (Å²) in [4.78, 5) is 7.12. The van der Waals surface area contributed by atoms with E-state index in [9.17, 15) is 0 Å². The van der Waals surface area contributed by atoms with Crippen LogP contribution in [-0.4, -0.2) is 38.7 Å². The van der Waals surface area contributed by atoms with Crippen molar-refractivity contribution in [3.8, 4) is 11.8 Å². The van der Waals surface area contributed by atoms with E-state index in [0.29, 0.717) is 18.2 Å². The molecule has 1 aliphatic rings. The fourth-order valence-corrected chi connectivity index (χ4v) is 3.56. The minimum atomic E-state index is 0. The van der Waals surface area contributed by atoms with Crippen LogP contribution < -0.4 is 20.3 Å². The van der Waals surface area contributed by atoms with E-state index < -0.39 is 0 Å². The van der Waals surface area contributed by atoms with Gasteiger partial charge < -0.3 is 20.3 Å². The van der Waals surface area contributed by atoms with Crippen molar-refractivity contribution >= 4 is 35.6 Å². The summed E-state index contributed by atoms with van der Waals surface area (Å²) in [5, 5.41) is 16.0. The first-order valence-electron chi connectivity index (χ1n) is 10.1. The van der Waals surface area contributed by atoms with Crippen LogP contribution in [0, 0.1) is 11.3 Å². The molecule has 3 rings (SSSR count). The lowest BCUT2D eigenvalue weighted by Gasteiger charge is -2.35. The Morgan fingerprint density at radius 3 is 2.87 bits per heavy atom. The van der Waals surface area contributed by atoms with Crippen LogP contribution in [-0.2, 0) is 6.54 Å². The molecule has 1 heterocycles. The highest BCUT2D eigenvalue weighted by atomic mass is 127. The molecule has 0 aliphatic carbocycles. The molecule has 0 bridgehead atoms. The number of ether oxygens (including phenoxy) is 1. The average molecular weight is 519 g/mol. The minimum Gasteiger partial charge on any atom is -0.497 e. The van der Waals surface area contributed by atoms with Gasteiger partial charge in [0.1, 0.15) is 5.75 Å². The van der Waals surface area contributed by atoms with E-state index in [1.54, 1.807) is 7.11 Å². The third-order valence-electron chi connectivity index (χ3n) is 5.00. The SMILES string of the molecule is CCNC(=NCc1cccc(C#N)c1)NC1CCCN(c2cccc(OC)c2)C1.I. The van der Waals surface area contributed by atoms with Gasteiger partial charge in [0, 0.05) is 37.4 Å². The summed E-state index contributed by atoms with van der Waals surface area (Å²) in [6.07, 6.45) is 2.23. The van der Waals surface area contributed by atoms with Crippen molar-refractivity contribution in [1.82, 2.24) is 10.6 Å². The van der Waals surface area contributed by atoms with Gasteiger partial charge in [0.25, 0.3) is 0 Å². The molecule has 2 N–H and O–H groups in total. The van der Waals surface area contributed by atoms with Gasteiger partial charge in [-0.15, -0.1) is 24.0 Å². The highest BCUT2D eigenvalue weighted by Crippen LogP contribution is 2.24. The summed E-state index contributed by atoms with van der Waals surface area (Å²) in [5.74, 6) is 1.69. The zero-order valence-corrected chi connectivity index (χ0v) is 19.9. The van der Waals surface area contributed by atoms with Gasteiger partial charge in [-0.2, -0.15) is 5.26 Å². The second-order valence-corrected chi connectivity index (χ2v) is 7.14. The molecule has 1 unspecified atom stereocenters. The van der Waals surface area contributed by atoms with Crippen LogP contribution in [0.4, 0.5) is 5.69 Å². The van der Waals surface area contributed by atoms with Gasteiger partial charge in [-0.25, -0.2) is 4.99 Å². The van der Waals surface area contributed by atoms with Gasteiger partial charge in [0.15, 0.2) is 5.96 Å². The predicted octanol–water partition coefficient (Wildman–Crippen LogP) is 3.91. The number of aliphatic imine (C=N–C) groups is 1. The van der Waals surface area contributed by atoms with Gasteiger partial charge in [0.05, 0.1) is 25.3 Å². The number of hydrogen-bond donors (Lipinski definition) is 2. The number of hydrogen-bond acceptors (Lipinski definition) is 4. The van der Waals surface area contributed by atoms with E-state index in [1.807, 2.05) is 36.4 Å². The number of halogens is 1. The molecule has 30 heavy (non-hydrogen) atoms. The van der Waals surface area contributed by atoms with Crippen LogP contribution in [0.15, 0.2) is 53.5 Å². The number of benzene rings is 2. The summed E-state index contributed by atoms with van der Waals surface area (Å²) >= 11 is 0. The Morgan fingerprint density at radius 2 is 2.10 bits per heavy atom. The fourth-order valence-electron chi connectivity index (χ4n) is 3.56. The van der Waals surface area contributed by atoms with Crippen LogP contribution in [0.1, 0.15) is 30.9 Å². The highest BCUT2D eigenvalue weighted by molar-refractivity contribution is 14.0. The Labute approximate surface area is 196 Å². The number of nitrogens with zero attached hydrogens (tertiary/aromatic N) is 3. The first kappa shape index (κ1) is 23.8. The number of anilines is 1. The third kappa shape index (κ3) is 6.80. The number of nitriles is 1. The van der Waals surface area contributed by atoms with E-state index in [1.165, 1.54) is 5.69 Å². The third-order valence-corrected chi connectivity index (χ3v) is 5.00. The minimum absolute atomic E-state index is 0. The zero-order chi connectivity index (χ0) is 20.5. The van der Waals surface area contributed by atoms with Crippen LogP contribution in [0.5, 0.6) is 5.75 Å². The molecule has 1 aliphatic heterocycles. The first-order valence-corrected chi connectivity index (χ1v) is 10.1. The zero-order valence-electron chi connectivity index (χ0n) is 17.6. The molecule has 2 aromatic carbocycles. The molecular weight excluding hydrogens is 489 g/mol. The fraction of sp³-hybridized carbons (Fsp3) is 0.391. The molecule has 1 saturated heterocycles. The smallest absolute Gasteiger partial charge is 0.191 e. The van der Waals surface area contributed by atoms with E-state index in [0.717, 1.165) is 49.7 Å². The molecule has 0 aromatic heterocycles. The van der Waals surface area contributed by atoms with Crippen molar-refractivity contribution in [2.75, 3.05) is 31.6 Å². The Kier molecular flexibility index (Phi) is 9.74. The monoisotopic (exact) mass is 519 g/mol. The van der Waals surface area contributed by atoms with Crippen molar-refractivity contribution in [2.24, 2.45) is 4.99 Å². The molecule has 0 radical (unpaired) electrons. The second-order valence-electron chi connectivity index (χ2n) is 7.14. The van der Waals surface area contributed by atoms with Gasteiger partial charge in [0.2, 0.25) is 0 Å². The molecular formula is C23H30IN5O. The number of nitrogens with one attached hydrogen (secondary N) is 2. The van der Waals surface area contributed by atoms with E-state index >= 15 is 0 Å². The molecule has 0 amide bonds. The van der Waals surface area contributed by atoms with Crippen molar-refractivity contribution in [3.05, 3.63) is 59.7 Å². The van der Waals surface area contributed by atoms with Gasteiger partial charge in [-0.3, -0.25) is 0 Å². The maximum absolute atomic E-state index is 9.07. The molecule has 1 fully saturated rings. The standard InChI is InChI=1S/C23H29N5O.HI/c1-3-25-23(26-16-19-8-4-7-18(13-19)15-24)27-20-9-6-12-28(17-20)21-10-5-11-22(14-21)29-2;/h4-5,7-8,10-11,13-14,20H,3,6,9,12,16-17H2,1-2H3,(H2,25,26,27);1H. The number of rotatable bonds is 6. The number of piperidine rings is 1. The van der Waals surface area contributed by atoms with Crippen LogP contribution in [0.2, 0.25) is 0 Å². The summed E-state index contributed by atoms with van der Waals surface area (Å²) in [6, 6.07) is 18.3. The van der Waals surface area contributed by atoms with Crippen molar-refractivity contribution in [1.29, 1.82) is 5.26 Å². The van der Waals surface area contributed by atoms with Crippen LogP contribution >= 0.6 is 24.0 Å². The summed E-state index contributed by atoms with van der Waals surface area (Å²) < 4.78 is 5.37. The quantitative estimate of drug-likeness (QED) is 0.344. The Bertz CT molecular complexity index is 880. The van der Waals surface area contributed by atoms with Crippen molar-refractivity contribution in [3.63, 3.8) is 0 Å². The normalized spacial score (nSPS) is 16.2. The molecule has 0 spiro atoms. The molecule has 7 heteroatoms. The largest absolute Gasteiger partial charge is 0.497 e. The molecule has 160 valence electrons. The van der Waals surface area contributed by atoms with Gasteiger partial charge in [-0.1, -0.05) is 18.2 Å². The maximum atomic E-state index is 9.07. The first-order chi connectivity index (χ1) is 14.2. The maximum Gasteiger partial charge on any atom is 0.191 e. The highest BCUT2D eigenvalue weighted by Gasteiger charge is 2.21. The molecule has 1 atom stereocenters. The lowest BCUT2D eigenvalue weighted by atomic mass is 10.0.